The topological polar surface area (TPSA) is 49.3 Å². The molecule has 5 nitrogen and oxygen atoms in total. The van der Waals surface area contributed by atoms with Crippen LogP contribution in [-0.2, 0) is 6.54 Å². The Balaban J connectivity index is 1.63. The highest BCUT2D eigenvalue weighted by molar-refractivity contribution is 5.92. The van der Waals surface area contributed by atoms with E-state index in [1.54, 1.807) is 6.07 Å². The molecule has 0 N–H and O–H groups in total. The number of benzene rings is 1. The standard InChI is InChI=1S/C19H24N4O/c1-14-11-18(21-15(2)20-14)19(24)22(3)17-9-10-23(13-17)12-16-7-5-4-6-8-16/h4-8,11,17H,9-10,12-13H2,1-3H3/t17-/m0/s1. The highest BCUT2D eigenvalue weighted by Gasteiger charge is 2.29. The van der Waals surface area contributed by atoms with Crippen LogP contribution in [0.4, 0.5) is 0 Å². The molecule has 1 atom stereocenters. The van der Waals surface area contributed by atoms with Gasteiger partial charge in [0.2, 0.25) is 0 Å². The van der Waals surface area contributed by atoms with Crippen molar-refractivity contribution >= 4 is 5.91 Å². The monoisotopic (exact) mass is 324 g/mol. The predicted octanol–water partition coefficient (Wildman–Crippen LogP) is 2.44. The van der Waals surface area contributed by atoms with Crippen LogP contribution in [0.5, 0.6) is 0 Å². The second kappa shape index (κ2) is 7.09. The number of rotatable bonds is 4. The van der Waals surface area contributed by atoms with Gasteiger partial charge in [0.1, 0.15) is 11.5 Å². The van der Waals surface area contributed by atoms with E-state index in [2.05, 4.69) is 39.1 Å². The predicted molar refractivity (Wildman–Crippen MR) is 93.7 cm³/mol. The molecule has 24 heavy (non-hydrogen) atoms. The third-order valence-corrected chi connectivity index (χ3v) is 4.55. The van der Waals surface area contributed by atoms with Crippen molar-refractivity contribution in [2.24, 2.45) is 0 Å². The summed E-state index contributed by atoms with van der Waals surface area (Å²) >= 11 is 0. The zero-order chi connectivity index (χ0) is 17.1. The number of aromatic nitrogens is 2. The lowest BCUT2D eigenvalue weighted by molar-refractivity contribution is 0.0728. The van der Waals surface area contributed by atoms with Crippen LogP contribution < -0.4 is 0 Å². The Morgan fingerprint density at radius 3 is 2.71 bits per heavy atom. The zero-order valence-corrected chi connectivity index (χ0v) is 14.6. The summed E-state index contributed by atoms with van der Waals surface area (Å²) < 4.78 is 0. The van der Waals surface area contributed by atoms with Crippen molar-refractivity contribution in [2.45, 2.75) is 32.9 Å². The summed E-state index contributed by atoms with van der Waals surface area (Å²) in [6.45, 7) is 6.56. The molecular weight excluding hydrogens is 300 g/mol. The van der Waals surface area contributed by atoms with Crippen LogP contribution >= 0.6 is 0 Å². The summed E-state index contributed by atoms with van der Waals surface area (Å²) in [5, 5.41) is 0. The molecule has 1 aromatic carbocycles. The minimum Gasteiger partial charge on any atom is -0.336 e. The lowest BCUT2D eigenvalue weighted by atomic mass is 10.2. The second-order valence-corrected chi connectivity index (χ2v) is 6.52. The minimum absolute atomic E-state index is 0.0184. The molecule has 0 bridgehead atoms. The van der Waals surface area contributed by atoms with Crippen molar-refractivity contribution in [1.29, 1.82) is 0 Å². The average molecular weight is 324 g/mol. The van der Waals surface area contributed by atoms with Crippen molar-refractivity contribution in [2.75, 3.05) is 20.1 Å². The molecule has 5 heteroatoms. The van der Waals surface area contributed by atoms with Gasteiger partial charge in [0.15, 0.2) is 0 Å². The number of aryl methyl sites for hydroxylation is 2. The van der Waals surface area contributed by atoms with E-state index in [1.165, 1.54) is 5.56 Å². The highest BCUT2D eigenvalue weighted by Crippen LogP contribution is 2.18. The number of likely N-dealkylation sites (N-methyl/N-ethyl adjacent to an activating group) is 1. The molecule has 3 rings (SSSR count). The van der Waals surface area contributed by atoms with Crippen LogP contribution in [0.25, 0.3) is 0 Å². The van der Waals surface area contributed by atoms with Crippen molar-refractivity contribution in [3.8, 4) is 0 Å². The summed E-state index contributed by atoms with van der Waals surface area (Å²) in [4.78, 5) is 25.5. The first-order valence-corrected chi connectivity index (χ1v) is 8.38. The van der Waals surface area contributed by atoms with E-state index in [-0.39, 0.29) is 11.9 Å². The number of nitrogens with zero attached hydrogens (tertiary/aromatic N) is 4. The Labute approximate surface area is 143 Å². The maximum absolute atomic E-state index is 12.7. The summed E-state index contributed by atoms with van der Waals surface area (Å²) in [5.41, 5.74) is 2.63. The normalized spacial score (nSPS) is 17.9. The van der Waals surface area contributed by atoms with Gasteiger partial charge >= 0.3 is 0 Å². The molecule has 1 amide bonds. The Bertz CT molecular complexity index is 696. The third kappa shape index (κ3) is 3.79. The third-order valence-electron chi connectivity index (χ3n) is 4.55. The number of likely N-dealkylation sites (tertiary alicyclic amines) is 1. The quantitative estimate of drug-likeness (QED) is 0.867. The lowest BCUT2D eigenvalue weighted by Crippen LogP contribution is -2.39. The van der Waals surface area contributed by atoms with E-state index in [1.807, 2.05) is 31.9 Å². The fraction of sp³-hybridized carbons (Fsp3) is 0.421. The van der Waals surface area contributed by atoms with Gasteiger partial charge in [-0.05, 0) is 31.9 Å². The average Bonchev–Trinajstić information content (AvgIpc) is 3.02. The van der Waals surface area contributed by atoms with Crippen LogP contribution in [0.15, 0.2) is 36.4 Å². The Morgan fingerprint density at radius 2 is 2.00 bits per heavy atom. The fourth-order valence-electron chi connectivity index (χ4n) is 3.29. The molecule has 1 aromatic heterocycles. The van der Waals surface area contributed by atoms with Crippen LogP contribution in [0.1, 0.15) is 34.0 Å². The lowest BCUT2D eigenvalue weighted by Gasteiger charge is -2.25. The van der Waals surface area contributed by atoms with Crippen LogP contribution in [-0.4, -0.2) is 51.9 Å². The van der Waals surface area contributed by atoms with Gasteiger partial charge in [0.25, 0.3) is 5.91 Å². The summed E-state index contributed by atoms with van der Waals surface area (Å²) in [5.74, 6) is 0.624. The molecule has 0 spiro atoms. The molecule has 1 fully saturated rings. The highest BCUT2D eigenvalue weighted by atomic mass is 16.2. The van der Waals surface area contributed by atoms with Gasteiger partial charge in [-0.2, -0.15) is 0 Å². The number of hydrogen-bond acceptors (Lipinski definition) is 4. The van der Waals surface area contributed by atoms with E-state index < -0.39 is 0 Å². The van der Waals surface area contributed by atoms with Gasteiger partial charge in [-0.3, -0.25) is 9.69 Å². The molecule has 126 valence electrons. The number of amides is 1. The molecule has 0 radical (unpaired) electrons. The first-order valence-electron chi connectivity index (χ1n) is 8.38. The van der Waals surface area contributed by atoms with Gasteiger partial charge < -0.3 is 4.90 Å². The summed E-state index contributed by atoms with van der Waals surface area (Å²) in [7, 11) is 1.88. The summed E-state index contributed by atoms with van der Waals surface area (Å²) in [6.07, 6.45) is 0.998. The molecule has 2 aromatic rings. The van der Waals surface area contributed by atoms with E-state index in [4.69, 9.17) is 0 Å². The van der Waals surface area contributed by atoms with E-state index in [0.717, 1.165) is 31.7 Å². The fourth-order valence-corrected chi connectivity index (χ4v) is 3.29. The molecule has 1 aliphatic rings. The van der Waals surface area contributed by atoms with Crippen LogP contribution in [0.2, 0.25) is 0 Å². The number of hydrogen-bond donors (Lipinski definition) is 0. The molecule has 1 aliphatic heterocycles. The second-order valence-electron chi connectivity index (χ2n) is 6.52. The molecule has 0 aliphatic carbocycles. The van der Waals surface area contributed by atoms with Crippen LogP contribution in [0.3, 0.4) is 0 Å². The Kier molecular flexibility index (Phi) is 4.90. The van der Waals surface area contributed by atoms with Gasteiger partial charge in [0.05, 0.1) is 0 Å². The number of carbonyl (C=O) groups is 1. The van der Waals surface area contributed by atoms with Gasteiger partial charge in [0, 0.05) is 38.4 Å². The van der Waals surface area contributed by atoms with Crippen molar-refractivity contribution in [1.82, 2.24) is 19.8 Å². The zero-order valence-electron chi connectivity index (χ0n) is 14.6. The number of carbonyl (C=O) groups excluding carboxylic acids is 1. The Morgan fingerprint density at radius 1 is 1.25 bits per heavy atom. The maximum Gasteiger partial charge on any atom is 0.272 e. The largest absolute Gasteiger partial charge is 0.336 e. The molecule has 2 heterocycles. The molecule has 0 saturated carbocycles. The first kappa shape index (κ1) is 16.6. The van der Waals surface area contributed by atoms with Crippen molar-refractivity contribution < 1.29 is 4.79 Å². The SMILES string of the molecule is Cc1cc(C(=O)N(C)[C@H]2CCN(Cc3ccccc3)C2)nc(C)n1. The summed E-state index contributed by atoms with van der Waals surface area (Å²) in [6, 6.07) is 12.5. The Hall–Kier alpha value is -2.27. The smallest absolute Gasteiger partial charge is 0.272 e. The van der Waals surface area contributed by atoms with E-state index in [0.29, 0.717) is 11.5 Å². The molecule has 0 unspecified atom stereocenters. The van der Waals surface area contributed by atoms with Crippen molar-refractivity contribution in [3.63, 3.8) is 0 Å². The van der Waals surface area contributed by atoms with Gasteiger partial charge in [-0.25, -0.2) is 9.97 Å². The molecule has 1 saturated heterocycles. The van der Waals surface area contributed by atoms with Gasteiger partial charge in [-0.1, -0.05) is 30.3 Å². The van der Waals surface area contributed by atoms with Crippen LogP contribution in [0, 0.1) is 13.8 Å². The van der Waals surface area contributed by atoms with Gasteiger partial charge in [-0.15, -0.1) is 0 Å². The van der Waals surface area contributed by atoms with E-state index >= 15 is 0 Å². The molecular formula is C19H24N4O. The first-order chi connectivity index (χ1) is 11.5. The maximum atomic E-state index is 12.7. The van der Waals surface area contributed by atoms with E-state index in [9.17, 15) is 4.79 Å². The minimum atomic E-state index is -0.0184. The van der Waals surface area contributed by atoms with Crippen molar-refractivity contribution in [3.05, 3.63) is 59.2 Å².